The molecule has 0 saturated carbocycles. The molecule has 1 aromatic rings. The van der Waals surface area contributed by atoms with Gasteiger partial charge in [0.2, 0.25) is 0 Å². The number of benzene rings is 1. The zero-order valence-electron chi connectivity index (χ0n) is 9.21. The number of halogens is 2. The van der Waals surface area contributed by atoms with E-state index in [1.165, 1.54) is 27.2 Å². The highest BCUT2D eigenvalue weighted by molar-refractivity contribution is 5.95. The molecule has 0 N–H and O–H groups in total. The standard InChI is InChI=1S/C11H12F2O3/c1-6(14)7-4-8(11(12)13)10(16-3)9(5-7)15-2/h4-5,11H,1-3H3. The molecule has 0 unspecified atom stereocenters. The van der Waals surface area contributed by atoms with Gasteiger partial charge in [-0.1, -0.05) is 0 Å². The molecule has 0 atom stereocenters. The van der Waals surface area contributed by atoms with Crippen LogP contribution in [-0.2, 0) is 0 Å². The lowest BCUT2D eigenvalue weighted by molar-refractivity contribution is 0.101. The molecule has 1 rings (SSSR count). The van der Waals surface area contributed by atoms with Crippen LogP contribution in [-0.4, -0.2) is 20.0 Å². The van der Waals surface area contributed by atoms with E-state index in [9.17, 15) is 13.6 Å². The number of rotatable bonds is 4. The van der Waals surface area contributed by atoms with Gasteiger partial charge in [0.15, 0.2) is 17.3 Å². The lowest BCUT2D eigenvalue weighted by Gasteiger charge is -2.13. The molecule has 0 radical (unpaired) electrons. The maximum atomic E-state index is 12.7. The molecule has 0 bridgehead atoms. The van der Waals surface area contributed by atoms with E-state index in [0.29, 0.717) is 0 Å². The zero-order chi connectivity index (χ0) is 12.3. The topological polar surface area (TPSA) is 35.5 Å². The normalized spacial score (nSPS) is 10.4. The highest BCUT2D eigenvalue weighted by Gasteiger charge is 2.20. The Morgan fingerprint density at radius 2 is 1.88 bits per heavy atom. The Balaban J connectivity index is 3.43. The van der Waals surface area contributed by atoms with E-state index in [0.717, 1.165) is 6.07 Å². The Hall–Kier alpha value is -1.65. The van der Waals surface area contributed by atoms with Crippen LogP contribution in [0.15, 0.2) is 12.1 Å². The van der Waals surface area contributed by atoms with Crippen molar-refractivity contribution in [1.82, 2.24) is 0 Å². The van der Waals surface area contributed by atoms with Crippen molar-refractivity contribution in [3.63, 3.8) is 0 Å². The van der Waals surface area contributed by atoms with Crippen LogP contribution in [0, 0.1) is 0 Å². The molecule has 0 heterocycles. The first kappa shape index (κ1) is 12.4. The highest BCUT2D eigenvalue weighted by atomic mass is 19.3. The maximum Gasteiger partial charge on any atom is 0.267 e. The average molecular weight is 230 g/mol. The van der Waals surface area contributed by atoms with Crippen LogP contribution in [0.5, 0.6) is 11.5 Å². The third-order valence-electron chi connectivity index (χ3n) is 2.15. The molecule has 0 aromatic heterocycles. The van der Waals surface area contributed by atoms with Crippen LogP contribution in [0.4, 0.5) is 8.78 Å². The molecule has 0 saturated heterocycles. The van der Waals surface area contributed by atoms with Crippen molar-refractivity contribution in [2.45, 2.75) is 13.3 Å². The minimum Gasteiger partial charge on any atom is -0.493 e. The molecule has 16 heavy (non-hydrogen) atoms. The van der Waals surface area contributed by atoms with Crippen molar-refractivity contribution in [3.05, 3.63) is 23.3 Å². The van der Waals surface area contributed by atoms with Gasteiger partial charge in [0.05, 0.1) is 19.8 Å². The third-order valence-corrected chi connectivity index (χ3v) is 2.15. The van der Waals surface area contributed by atoms with E-state index in [-0.39, 0.29) is 28.4 Å². The number of carbonyl (C=O) groups is 1. The lowest BCUT2D eigenvalue weighted by Crippen LogP contribution is -2.01. The molecule has 0 amide bonds. The van der Waals surface area contributed by atoms with E-state index >= 15 is 0 Å². The first-order valence-electron chi connectivity index (χ1n) is 4.56. The summed E-state index contributed by atoms with van der Waals surface area (Å²) in [4.78, 5) is 11.1. The van der Waals surface area contributed by atoms with Gasteiger partial charge < -0.3 is 9.47 Å². The first-order valence-corrected chi connectivity index (χ1v) is 4.56. The van der Waals surface area contributed by atoms with Crippen LogP contribution in [0.1, 0.15) is 29.3 Å². The molecular formula is C11H12F2O3. The van der Waals surface area contributed by atoms with Gasteiger partial charge in [0, 0.05) is 5.56 Å². The number of methoxy groups -OCH3 is 2. The van der Waals surface area contributed by atoms with Crippen LogP contribution < -0.4 is 9.47 Å². The van der Waals surface area contributed by atoms with Crippen LogP contribution in [0.3, 0.4) is 0 Å². The number of ketones is 1. The second-order valence-electron chi connectivity index (χ2n) is 3.16. The Morgan fingerprint density at radius 1 is 1.25 bits per heavy atom. The molecule has 0 spiro atoms. The fraction of sp³-hybridized carbons (Fsp3) is 0.364. The summed E-state index contributed by atoms with van der Waals surface area (Å²) in [5.41, 5.74) is -0.167. The van der Waals surface area contributed by atoms with E-state index in [4.69, 9.17) is 9.47 Å². The number of ether oxygens (including phenoxy) is 2. The van der Waals surface area contributed by atoms with Crippen LogP contribution in [0.2, 0.25) is 0 Å². The lowest BCUT2D eigenvalue weighted by atomic mass is 10.1. The first-order chi connectivity index (χ1) is 7.51. The maximum absolute atomic E-state index is 12.7. The van der Waals surface area contributed by atoms with E-state index in [1.54, 1.807) is 0 Å². The number of alkyl halides is 2. The van der Waals surface area contributed by atoms with Crippen molar-refractivity contribution in [2.75, 3.05) is 14.2 Å². The Labute approximate surface area is 92.0 Å². The zero-order valence-corrected chi connectivity index (χ0v) is 9.21. The summed E-state index contributed by atoms with van der Waals surface area (Å²) in [6, 6.07) is 2.50. The molecular weight excluding hydrogens is 218 g/mol. The van der Waals surface area contributed by atoms with Gasteiger partial charge in [-0.25, -0.2) is 8.78 Å². The summed E-state index contributed by atoms with van der Waals surface area (Å²) in [5.74, 6) is -0.212. The summed E-state index contributed by atoms with van der Waals surface area (Å²) in [7, 11) is 2.61. The van der Waals surface area contributed by atoms with Gasteiger partial charge in [-0.2, -0.15) is 0 Å². The molecule has 3 nitrogen and oxygen atoms in total. The van der Waals surface area contributed by atoms with E-state index in [2.05, 4.69) is 0 Å². The number of hydrogen-bond acceptors (Lipinski definition) is 3. The van der Waals surface area contributed by atoms with Crippen LogP contribution in [0.25, 0.3) is 0 Å². The average Bonchev–Trinajstić information content (AvgIpc) is 2.26. The van der Waals surface area contributed by atoms with Gasteiger partial charge in [-0.15, -0.1) is 0 Å². The third kappa shape index (κ3) is 2.29. The Kier molecular flexibility index (Phi) is 3.82. The predicted octanol–water partition coefficient (Wildman–Crippen LogP) is 2.84. The van der Waals surface area contributed by atoms with Gasteiger partial charge in [0.1, 0.15) is 0 Å². The quantitative estimate of drug-likeness (QED) is 0.746. The van der Waals surface area contributed by atoms with E-state index in [1.807, 2.05) is 0 Å². The molecule has 0 aliphatic rings. The van der Waals surface area contributed by atoms with Crippen molar-refractivity contribution in [3.8, 4) is 11.5 Å². The smallest absolute Gasteiger partial charge is 0.267 e. The molecule has 1 aromatic carbocycles. The van der Waals surface area contributed by atoms with Crippen molar-refractivity contribution < 1.29 is 23.0 Å². The van der Waals surface area contributed by atoms with Crippen molar-refractivity contribution in [1.29, 1.82) is 0 Å². The Morgan fingerprint density at radius 3 is 2.25 bits per heavy atom. The van der Waals surface area contributed by atoms with Gasteiger partial charge >= 0.3 is 0 Å². The minimum atomic E-state index is -2.72. The second kappa shape index (κ2) is 4.92. The SMILES string of the molecule is COc1cc(C(C)=O)cc(C(F)F)c1OC. The molecule has 88 valence electrons. The molecule has 0 aliphatic heterocycles. The monoisotopic (exact) mass is 230 g/mol. The number of carbonyl (C=O) groups excluding carboxylic acids is 1. The van der Waals surface area contributed by atoms with Gasteiger partial charge in [-0.3, -0.25) is 4.79 Å². The van der Waals surface area contributed by atoms with E-state index < -0.39 is 6.43 Å². The molecule has 5 heteroatoms. The fourth-order valence-electron chi connectivity index (χ4n) is 1.36. The van der Waals surface area contributed by atoms with Crippen molar-refractivity contribution in [2.24, 2.45) is 0 Å². The largest absolute Gasteiger partial charge is 0.493 e. The second-order valence-corrected chi connectivity index (χ2v) is 3.16. The number of hydrogen-bond donors (Lipinski definition) is 0. The fourth-order valence-corrected chi connectivity index (χ4v) is 1.36. The summed E-state index contributed by atoms with van der Waals surface area (Å²) in [5, 5.41) is 0. The summed E-state index contributed by atoms with van der Waals surface area (Å²) < 4.78 is 35.2. The Bertz CT molecular complexity index is 402. The van der Waals surface area contributed by atoms with Gasteiger partial charge in [0.25, 0.3) is 6.43 Å². The minimum absolute atomic E-state index is 0.0394. The van der Waals surface area contributed by atoms with Gasteiger partial charge in [-0.05, 0) is 19.1 Å². The van der Waals surface area contributed by atoms with Crippen molar-refractivity contribution >= 4 is 5.78 Å². The summed E-state index contributed by atoms with van der Waals surface area (Å²) in [6.45, 7) is 1.30. The highest BCUT2D eigenvalue weighted by Crippen LogP contribution is 2.38. The number of Topliss-reactive ketones (excluding diaryl/α,β-unsaturated/α-hetero) is 1. The summed E-state index contributed by atoms with van der Waals surface area (Å²) >= 11 is 0. The molecule has 0 fully saturated rings. The summed E-state index contributed by atoms with van der Waals surface area (Å²) in [6.07, 6.45) is -2.72. The van der Waals surface area contributed by atoms with Crippen LogP contribution >= 0.6 is 0 Å². The molecule has 0 aliphatic carbocycles. The predicted molar refractivity (Wildman–Crippen MR) is 54.5 cm³/mol.